The van der Waals surface area contributed by atoms with E-state index in [1.165, 1.54) is 0 Å². The minimum atomic E-state index is -0.306. The first-order valence-corrected chi connectivity index (χ1v) is 8.69. The Balaban J connectivity index is 1.87. The summed E-state index contributed by atoms with van der Waals surface area (Å²) in [5.74, 6) is -0.00870. The zero-order valence-corrected chi connectivity index (χ0v) is 14.3. The first-order chi connectivity index (χ1) is 11.6. The van der Waals surface area contributed by atoms with E-state index in [0.717, 1.165) is 27.6 Å². The van der Waals surface area contributed by atoms with Crippen LogP contribution in [0.2, 0.25) is 0 Å². The Kier molecular flexibility index (Phi) is 3.58. The summed E-state index contributed by atoms with van der Waals surface area (Å²) in [5.41, 5.74) is 4.39. The van der Waals surface area contributed by atoms with Crippen LogP contribution < -0.4 is 10.2 Å². The van der Waals surface area contributed by atoms with E-state index in [0.29, 0.717) is 5.56 Å². The Labute approximate surface area is 144 Å². The standard InChI is InChI=1S/C19H17N3OS/c1-12-6-5-7-14(10-12)22-18(17-11-24-13(2)20-17)21-16-9-4-3-8-15(16)19(22)23/h3-11,18,21H,1-2H3/t18-/m0/s1. The third-order valence-corrected chi connectivity index (χ3v) is 4.92. The predicted molar refractivity (Wildman–Crippen MR) is 97.6 cm³/mol. The van der Waals surface area contributed by atoms with Gasteiger partial charge in [-0.15, -0.1) is 11.3 Å². The highest BCUT2D eigenvalue weighted by Gasteiger charge is 2.35. The van der Waals surface area contributed by atoms with Crippen molar-refractivity contribution in [2.45, 2.75) is 20.0 Å². The number of benzene rings is 2. The number of nitrogens with one attached hydrogen (secondary N) is 1. The molecular weight excluding hydrogens is 318 g/mol. The van der Waals surface area contributed by atoms with Crippen molar-refractivity contribution in [1.82, 2.24) is 4.98 Å². The molecule has 120 valence electrons. The number of amides is 1. The van der Waals surface area contributed by atoms with Gasteiger partial charge in [0.05, 0.1) is 16.3 Å². The molecule has 2 aromatic carbocycles. The summed E-state index contributed by atoms with van der Waals surface area (Å²) in [6, 6.07) is 15.6. The molecule has 1 atom stereocenters. The first kappa shape index (κ1) is 14.9. The molecule has 3 aromatic rings. The van der Waals surface area contributed by atoms with Gasteiger partial charge in [-0.05, 0) is 43.7 Å². The zero-order valence-electron chi connectivity index (χ0n) is 13.5. The molecule has 0 unspecified atom stereocenters. The van der Waals surface area contributed by atoms with Gasteiger partial charge in [-0.1, -0.05) is 24.3 Å². The van der Waals surface area contributed by atoms with E-state index in [2.05, 4.69) is 10.3 Å². The van der Waals surface area contributed by atoms with E-state index in [-0.39, 0.29) is 12.1 Å². The van der Waals surface area contributed by atoms with Crippen molar-refractivity contribution < 1.29 is 4.79 Å². The molecule has 0 aliphatic carbocycles. The molecule has 5 heteroatoms. The molecule has 0 spiro atoms. The summed E-state index contributed by atoms with van der Waals surface area (Å²) >= 11 is 1.59. The fourth-order valence-electron chi connectivity index (χ4n) is 3.01. The van der Waals surface area contributed by atoms with Crippen molar-refractivity contribution in [3.63, 3.8) is 0 Å². The Hall–Kier alpha value is -2.66. The molecule has 0 saturated carbocycles. The first-order valence-electron chi connectivity index (χ1n) is 7.81. The second kappa shape index (κ2) is 5.76. The predicted octanol–water partition coefficient (Wildman–Crippen LogP) is 4.53. The Morgan fingerprint density at radius 2 is 1.96 bits per heavy atom. The number of thiazole rings is 1. The van der Waals surface area contributed by atoms with Crippen LogP contribution >= 0.6 is 11.3 Å². The molecule has 1 N–H and O–H groups in total. The Bertz CT molecular complexity index is 918. The molecule has 0 saturated heterocycles. The molecule has 1 aliphatic rings. The van der Waals surface area contributed by atoms with Crippen LogP contribution in [0.15, 0.2) is 53.9 Å². The summed E-state index contributed by atoms with van der Waals surface area (Å²) in [5, 5.41) is 6.47. The van der Waals surface area contributed by atoms with Crippen molar-refractivity contribution in [3.05, 3.63) is 75.7 Å². The minimum absolute atomic E-state index is 0.00870. The number of carbonyl (C=O) groups is 1. The van der Waals surface area contributed by atoms with Crippen molar-refractivity contribution in [2.75, 3.05) is 10.2 Å². The smallest absolute Gasteiger partial charge is 0.262 e. The van der Waals surface area contributed by atoms with Crippen LogP contribution in [0.25, 0.3) is 0 Å². The van der Waals surface area contributed by atoms with Crippen LogP contribution in [0.3, 0.4) is 0 Å². The van der Waals surface area contributed by atoms with E-state index >= 15 is 0 Å². The van der Waals surface area contributed by atoms with E-state index in [1.807, 2.05) is 67.8 Å². The molecule has 4 rings (SSSR count). The van der Waals surface area contributed by atoms with Gasteiger partial charge in [0.2, 0.25) is 0 Å². The lowest BCUT2D eigenvalue weighted by Crippen LogP contribution is -2.43. The van der Waals surface area contributed by atoms with E-state index < -0.39 is 0 Å². The van der Waals surface area contributed by atoms with Gasteiger partial charge in [-0.25, -0.2) is 4.98 Å². The molecular formula is C19H17N3OS. The maximum atomic E-state index is 13.2. The third-order valence-electron chi connectivity index (χ3n) is 4.12. The number of rotatable bonds is 2. The number of aromatic nitrogens is 1. The SMILES string of the molecule is Cc1cccc(N2C(=O)c3ccccc3N[C@@H]2c2csc(C)n2)c1. The number of para-hydroxylation sites is 1. The number of carbonyl (C=O) groups excluding carboxylic acids is 1. The van der Waals surface area contributed by atoms with Gasteiger partial charge in [-0.3, -0.25) is 9.69 Å². The number of hydrogen-bond donors (Lipinski definition) is 1. The quantitative estimate of drug-likeness (QED) is 0.748. The van der Waals surface area contributed by atoms with Crippen LogP contribution in [0.4, 0.5) is 11.4 Å². The molecule has 2 heterocycles. The molecule has 24 heavy (non-hydrogen) atoms. The maximum Gasteiger partial charge on any atom is 0.262 e. The fraction of sp³-hybridized carbons (Fsp3) is 0.158. The number of hydrogen-bond acceptors (Lipinski definition) is 4. The number of anilines is 2. The summed E-state index contributed by atoms with van der Waals surface area (Å²) in [7, 11) is 0. The molecule has 1 amide bonds. The van der Waals surface area contributed by atoms with Gasteiger partial charge in [0.25, 0.3) is 5.91 Å². The monoisotopic (exact) mass is 335 g/mol. The molecule has 0 radical (unpaired) electrons. The number of fused-ring (bicyclic) bond motifs is 1. The largest absolute Gasteiger partial charge is 0.359 e. The van der Waals surface area contributed by atoms with Gasteiger partial charge in [0.1, 0.15) is 0 Å². The Morgan fingerprint density at radius 3 is 2.71 bits per heavy atom. The minimum Gasteiger partial charge on any atom is -0.359 e. The van der Waals surface area contributed by atoms with E-state index in [9.17, 15) is 4.79 Å². The van der Waals surface area contributed by atoms with Crippen molar-refractivity contribution >= 4 is 28.6 Å². The van der Waals surface area contributed by atoms with Crippen LogP contribution in [0.1, 0.15) is 32.8 Å². The van der Waals surface area contributed by atoms with Crippen LogP contribution in [-0.4, -0.2) is 10.9 Å². The number of aryl methyl sites for hydroxylation is 2. The van der Waals surface area contributed by atoms with Gasteiger partial charge in [0.15, 0.2) is 6.17 Å². The lowest BCUT2D eigenvalue weighted by molar-refractivity contribution is 0.0974. The second-order valence-electron chi connectivity index (χ2n) is 5.90. The van der Waals surface area contributed by atoms with Gasteiger partial charge < -0.3 is 5.32 Å². The lowest BCUT2D eigenvalue weighted by atomic mass is 10.0. The van der Waals surface area contributed by atoms with Crippen molar-refractivity contribution in [3.8, 4) is 0 Å². The maximum absolute atomic E-state index is 13.2. The molecule has 1 aliphatic heterocycles. The van der Waals surface area contributed by atoms with Crippen LogP contribution in [0, 0.1) is 13.8 Å². The molecule has 0 bridgehead atoms. The molecule has 4 nitrogen and oxygen atoms in total. The number of nitrogens with zero attached hydrogens (tertiary/aromatic N) is 2. The average Bonchev–Trinajstić information content (AvgIpc) is 3.01. The van der Waals surface area contributed by atoms with Gasteiger partial charge >= 0.3 is 0 Å². The summed E-state index contributed by atoms with van der Waals surface area (Å²) in [4.78, 5) is 19.6. The molecule has 0 fully saturated rings. The van der Waals surface area contributed by atoms with Crippen LogP contribution in [0.5, 0.6) is 0 Å². The Morgan fingerprint density at radius 1 is 1.12 bits per heavy atom. The van der Waals surface area contributed by atoms with E-state index in [4.69, 9.17) is 0 Å². The molecule has 1 aromatic heterocycles. The van der Waals surface area contributed by atoms with Gasteiger partial charge in [-0.2, -0.15) is 0 Å². The topological polar surface area (TPSA) is 45.2 Å². The average molecular weight is 335 g/mol. The van der Waals surface area contributed by atoms with Crippen molar-refractivity contribution in [1.29, 1.82) is 0 Å². The van der Waals surface area contributed by atoms with Crippen molar-refractivity contribution in [2.24, 2.45) is 0 Å². The third kappa shape index (κ3) is 2.47. The summed E-state index contributed by atoms with van der Waals surface area (Å²) in [6.07, 6.45) is -0.306. The lowest BCUT2D eigenvalue weighted by Gasteiger charge is -2.37. The summed E-state index contributed by atoms with van der Waals surface area (Å²) < 4.78 is 0. The van der Waals surface area contributed by atoms with Crippen LogP contribution in [-0.2, 0) is 0 Å². The van der Waals surface area contributed by atoms with Gasteiger partial charge in [0, 0.05) is 16.8 Å². The van der Waals surface area contributed by atoms with E-state index in [1.54, 1.807) is 16.2 Å². The highest BCUT2D eigenvalue weighted by molar-refractivity contribution is 7.09. The normalized spacial score (nSPS) is 16.7. The second-order valence-corrected chi connectivity index (χ2v) is 6.96. The fourth-order valence-corrected chi connectivity index (χ4v) is 3.64. The highest BCUT2D eigenvalue weighted by Crippen LogP contribution is 2.36. The summed E-state index contributed by atoms with van der Waals surface area (Å²) in [6.45, 7) is 4.01. The zero-order chi connectivity index (χ0) is 16.7. The highest BCUT2D eigenvalue weighted by atomic mass is 32.1.